The molecule has 4 amide bonds. The summed E-state index contributed by atoms with van der Waals surface area (Å²) in [6, 6.07) is 10.3. The summed E-state index contributed by atoms with van der Waals surface area (Å²) in [5.41, 5.74) is 7.26. The number of anilines is 2. The number of piperidine rings is 1. The molecule has 4 rings (SSSR count). The van der Waals surface area contributed by atoms with Crippen molar-refractivity contribution in [2.45, 2.75) is 51.9 Å². The zero-order chi connectivity index (χ0) is 27.8. The first-order chi connectivity index (χ1) is 18.9. The van der Waals surface area contributed by atoms with Crippen LogP contribution in [0.2, 0.25) is 0 Å². The third kappa shape index (κ3) is 7.47. The summed E-state index contributed by atoms with van der Waals surface area (Å²) in [4.78, 5) is 46.3. The van der Waals surface area contributed by atoms with E-state index in [1.165, 1.54) is 5.56 Å². The predicted molar refractivity (Wildman–Crippen MR) is 147 cm³/mol. The number of furan rings is 1. The van der Waals surface area contributed by atoms with Crippen molar-refractivity contribution in [3.8, 4) is 0 Å². The van der Waals surface area contributed by atoms with Crippen LogP contribution in [0, 0.1) is 5.92 Å². The minimum Gasteiger partial charge on any atom is -0.455 e. The van der Waals surface area contributed by atoms with Crippen molar-refractivity contribution in [2.75, 3.05) is 30.3 Å². The van der Waals surface area contributed by atoms with E-state index in [1.54, 1.807) is 17.0 Å². The monoisotopic (exact) mass is 536 g/mol. The molecule has 1 aliphatic rings. The Morgan fingerprint density at radius 1 is 1.13 bits per heavy atom. The minimum atomic E-state index is -0.774. The van der Waals surface area contributed by atoms with E-state index in [9.17, 15) is 14.4 Å². The van der Waals surface area contributed by atoms with Crippen LogP contribution in [0.4, 0.5) is 16.3 Å². The molecule has 0 atom stereocenters. The summed E-state index contributed by atoms with van der Waals surface area (Å²) in [6.45, 7) is 3.55. The Labute approximate surface area is 227 Å². The lowest BCUT2D eigenvalue weighted by Crippen LogP contribution is -2.38. The van der Waals surface area contributed by atoms with Gasteiger partial charge in [0.25, 0.3) is 11.8 Å². The van der Waals surface area contributed by atoms with Gasteiger partial charge in [0.15, 0.2) is 11.6 Å². The number of hydrogen-bond acceptors (Lipinski definition) is 6. The second-order valence-electron chi connectivity index (χ2n) is 9.84. The smallest absolute Gasteiger partial charge is 0.324 e. The van der Waals surface area contributed by atoms with E-state index in [-0.39, 0.29) is 36.2 Å². The van der Waals surface area contributed by atoms with Gasteiger partial charge in [-0.1, -0.05) is 25.5 Å². The molecular weight excluding hydrogens is 500 g/mol. The number of benzene rings is 1. The van der Waals surface area contributed by atoms with E-state index in [0.29, 0.717) is 36.3 Å². The fraction of sp³-hybridized carbons (Fsp3) is 0.429. The number of hydrogen-bond donors (Lipinski definition) is 5. The van der Waals surface area contributed by atoms with E-state index in [2.05, 4.69) is 27.5 Å². The van der Waals surface area contributed by atoms with Gasteiger partial charge in [0.05, 0.1) is 6.42 Å². The van der Waals surface area contributed by atoms with Crippen molar-refractivity contribution in [3.05, 3.63) is 65.0 Å². The molecule has 1 aliphatic heterocycles. The van der Waals surface area contributed by atoms with Crippen LogP contribution in [0.25, 0.3) is 0 Å². The molecule has 2 aromatic heterocycles. The number of nitrogens with zero attached hydrogens (tertiary/aromatic N) is 2. The Bertz CT molecular complexity index is 1270. The number of nitrogens with one attached hydrogen (secondary N) is 3. The number of aliphatic hydroxyl groups is 1. The summed E-state index contributed by atoms with van der Waals surface area (Å²) in [5.74, 6) is 0.525. The lowest BCUT2D eigenvalue weighted by atomic mass is 9.94. The van der Waals surface area contributed by atoms with Crippen molar-refractivity contribution < 1.29 is 23.9 Å². The number of urea groups is 1. The molecule has 0 bridgehead atoms. The second kappa shape index (κ2) is 13.1. The lowest BCUT2D eigenvalue weighted by molar-refractivity contribution is 0.0644. The Balaban J connectivity index is 1.36. The summed E-state index contributed by atoms with van der Waals surface area (Å²) >= 11 is 0. The van der Waals surface area contributed by atoms with E-state index in [1.807, 2.05) is 24.3 Å². The van der Waals surface area contributed by atoms with Crippen LogP contribution in [0.5, 0.6) is 0 Å². The molecule has 1 saturated heterocycles. The number of likely N-dealkylation sites (tertiary alicyclic amines) is 1. The van der Waals surface area contributed by atoms with Gasteiger partial charge in [0.2, 0.25) is 0 Å². The molecule has 0 unspecified atom stereocenters. The molecule has 1 fully saturated rings. The molecule has 11 heteroatoms. The largest absolute Gasteiger partial charge is 0.455 e. The first kappa shape index (κ1) is 27.9. The topological polar surface area (TPSA) is 167 Å². The number of carbonyl (C=O) groups is 3. The quantitative estimate of drug-likeness (QED) is 0.249. The van der Waals surface area contributed by atoms with Gasteiger partial charge in [-0.25, -0.2) is 9.78 Å². The third-order valence-corrected chi connectivity index (χ3v) is 6.92. The van der Waals surface area contributed by atoms with Gasteiger partial charge in [-0.05, 0) is 67.9 Å². The molecule has 0 saturated carbocycles. The second-order valence-corrected chi connectivity index (χ2v) is 9.84. The molecule has 39 heavy (non-hydrogen) atoms. The van der Waals surface area contributed by atoms with Gasteiger partial charge in [-0.3, -0.25) is 14.9 Å². The third-order valence-electron chi connectivity index (χ3n) is 6.92. The number of primary amides is 1. The maximum absolute atomic E-state index is 12.9. The van der Waals surface area contributed by atoms with Gasteiger partial charge in [0, 0.05) is 25.4 Å². The first-order valence-electron chi connectivity index (χ1n) is 13.4. The van der Waals surface area contributed by atoms with E-state index < -0.39 is 11.9 Å². The standard InChI is InChI=1S/C28H36N6O5/c1-2-3-4-18-5-7-20(8-6-18)30-28(38)33-26-24(25(29)36)31-23(32-26)17-21-9-10-22(39-21)27(37)34-14-11-19(12-15-34)13-16-35/h5-10,19,35H,2-4,11-17H2,1H3,(H2,29,36)(H,31,32)(H2,30,33,38). The molecule has 0 radical (unpaired) electrons. The van der Waals surface area contributed by atoms with Gasteiger partial charge in [-0.15, -0.1) is 0 Å². The molecule has 1 aromatic carbocycles. The van der Waals surface area contributed by atoms with Crippen molar-refractivity contribution in [2.24, 2.45) is 11.7 Å². The fourth-order valence-corrected chi connectivity index (χ4v) is 4.70. The predicted octanol–water partition coefficient (Wildman–Crippen LogP) is 3.91. The SMILES string of the molecule is CCCCc1ccc(NC(=O)Nc2nc(Cc3ccc(C(=O)N4CCC(CCO)CC4)o3)[nH]c2C(N)=O)cc1. The Hall–Kier alpha value is -4.12. The maximum Gasteiger partial charge on any atom is 0.324 e. The number of imidazole rings is 1. The summed E-state index contributed by atoms with van der Waals surface area (Å²) in [7, 11) is 0. The number of carbonyl (C=O) groups excluding carboxylic acids is 3. The van der Waals surface area contributed by atoms with E-state index >= 15 is 0 Å². The van der Waals surface area contributed by atoms with Crippen LogP contribution in [0.1, 0.15) is 77.2 Å². The van der Waals surface area contributed by atoms with Crippen LogP contribution in [-0.2, 0) is 12.8 Å². The van der Waals surface area contributed by atoms with E-state index in [4.69, 9.17) is 15.3 Å². The summed E-state index contributed by atoms with van der Waals surface area (Å²) in [5, 5.41) is 14.4. The molecule has 0 spiro atoms. The lowest BCUT2D eigenvalue weighted by Gasteiger charge is -2.31. The zero-order valence-electron chi connectivity index (χ0n) is 22.2. The highest BCUT2D eigenvalue weighted by atomic mass is 16.4. The molecule has 0 aliphatic carbocycles. The average Bonchev–Trinajstić information content (AvgIpc) is 3.55. The maximum atomic E-state index is 12.9. The Morgan fingerprint density at radius 3 is 2.54 bits per heavy atom. The highest BCUT2D eigenvalue weighted by molar-refractivity contribution is 6.04. The first-order valence-corrected chi connectivity index (χ1v) is 13.4. The zero-order valence-corrected chi connectivity index (χ0v) is 22.2. The van der Waals surface area contributed by atoms with Crippen molar-refractivity contribution in [3.63, 3.8) is 0 Å². The van der Waals surface area contributed by atoms with Gasteiger partial charge in [0.1, 0.15) is 17.3 Å². The number of H-pyrrole nitrogens is 1. The number of rotatable bonds is 11. The fourth-order valence-electron chi connectivity index (χ4n) is 4.70. The number of aliphatic hydroxyl groups excluding tert-OH is 1. The van der Waals surface area contributed by atoms with Gasteiger partial charge >= 0.3 is 6.03 Å². The average molecular weight is 537 g/mol. The Kier molecular flexibility index (Phi) is 9.37. The molecule has 6 N–H and O–H groups in total. The molecule has 3 aromatic rings. The van der Waals surface area contributed by atoms with Crippen LogP contribution in [0.15, 0.2) is 40.8 Å². The van der Waals surface area contributed by atoms with Crippen LogP contribution in [-0.4, -0.2) is 57.5 Å². The van der Waals surface area contributed by atoms with Gasteiger partial charge in [-0.2, -0.15) is 0 Å². The minimum absolute atomic E-state index is 0.00294. The van der Waals surface area contributed by atoms with E-state index in [0.717, 1.165) is 38.5 Å². The molecule has 11 nitrogen and oxygen atoms in total. The molecular formula is C28H36N6O5. The number of nitrogens with two attached hydrogens (primary N) is 1. The van der Waals surface area contributed by atoms with Crippen LogP contribution in [0.3, 0.4) is 0 Å². The number of unbranched alkanes of at least 4 members (excludes halogenated alkanes) is 1. The summed E-state index contributed by atoms with van der Waals surface area (Å²) in [6.07, 6.45) is 5.83. The summed E-state index contributed by atoms with van der Waals surface area (Å²) < 4.78 is 5.77. The number of amides is 4. The van der Waals surface area contributed by atoms with Crippen LogP contribution >= 0.6 is 0 Å². The van der Waals surface area contributed by atoms with Crippen LogP contribution < -0.4 is 16.4 Å². The molecule has 3 heterocycles. The number of aromatic amines is 1. The Morgan fingerprint density at radius 2 is 1.87 bits per heavy atom. The highest BCUT2D eigenvalue weighted by Crippen LogP contribution is 2.23. The number of aryl methyl sites for hydroxylation is 1. The van der Waals surface area contributed by atoms with Crippen molar-refractivity contribution >= 4 is 29.4 Å². The normalized spacial score (nSPS) is 13.8. The highest BCUT2D eigenvalue weighted by Gasteiger charge is 2.25. The van der Waals surface area contributed by atoms with Gasteiger partial charge < -0.3 is 30.5 Å². The molecule has 208 valence electrons. The van der Waals surface area contributed by atoms with Crippen molar-refractivity contribution in [1.82, 2.24) is 14.9 Å². The number of aromatic nitrogens is 2. The van der Waals surface area contributed by atoms with Crippen molar-refractivity contribution in [1.29, 1.82) is 0 Å².